The van der Waals surface area contributed by atoms with Gasteiger partial charge < -0.3 is 5.73 Å². The molecule has 88 valence electrons. The fourth-order valence-corrected chi connectivity index (χ4v) is 1.72. The van der Waals surface area contributed by atoms with Crippen molar-refractivity contribution in [2.24, 2.45) is 5.73 Å². The lowest BCUT2D eigenvalue weighted by molar-refractivity contribution is 0.775. The number of nitrogens with two attached hydrogens (primary N) is 1. The van der Waals surface area contributed by atoms with E-state index in [2.05, 4.69) is 15.0 Å². The second kappa shape index (κ2) is 5.01. The molecule has 0 radical (unpaired) electrons. The van der Waals surface area contributed by atoms with Gasteiger partial charge in [-0.25, -0.2) is 9.97 Å². The lowest BCUT2D eigenvalue weighted by Crippen LogP contribution is -2.10. The van der Waals surface area contributed by atoms with Gasteiger partial charge >= 0.3 is 0 Å². The molecule has 4 nitrogen and oxygen atoms in total. The minimum absolute atomic E-state index is 0.0288. The highest BCUT2D eigenvalue weighted by molar-refractivity contribution is 5.20. The summed E-state index contributed by atoms with van der Waals surface area (Å²) in [4.78, 5) is 13.0. The Balaban J connectivity index is 2.21. The van der Waals surface area contributed by atoms with Gasteiger partial charge in [-0.05, 0) is 26.0 Å². The second-order valence-corrected chi connectivity index (χ2v) is 4.11. The lowest BCUT2D eigenvalue weighted by atomic mass is 10.1. The summed E-state index contributed by atoms with van der Waals surface area (Å²) in [6.07, 6.45) is 4.24. The molecule has 0 aliphatic rings. The molecule has 0 aliphatic carbocycles. The first kappa shape index (κ1) is 11.7. The van der Waals surface area contributed by atoms with Gasteiger partial charge in [0.25, 0.3) is 0 Å². The number of rotatable bonds is 3. The summed E-state index contributed by atoms with van der Waals surface area (Å²) in [5, 5.41) is 0. The molecular weight excluding hydrogens is 212 g/mol. The summed E-state index contributed by atoms with van der Waals surface area (Å²) in [5.74, 6) is 0.783. The summed E-state index contributed by atoms with van der Waals surface area (Å²) in [6, 6.07) is 5.80. The van der Waals surface area contributed by atoms with Crippen LogP contribution in [0.5, 0.6) is 0 Å². The summed E-state index contributed by atoms with van der Waals surface area (Å²) in [7, 11) is 0. The number of hydrogen-bond acceptors (Lipinski definition) is 4. The first-order chi connectivity index (χ1) is 8.16. The molecule has 2 aromatic rings. The Morgan fingerprint density at radius 3 is 2.71 bits per heavy atom. The fourth-order valence-electron chi connectivity index (χ4n) is 1.72. The van der Waals surface area contributed by atoms with Crippen LogP contribution < -0.4 is 5.73 Å². The summed E-state index contributed by atoms with van der Waals surface area (Å²) in [6.45, 7) is 3.90. The third-order valence-electron chi connectivity index (χ3n) is 2.62. The third-order valence-corrected chi connectivity index (χ3v) is 2.62. The van der Waals surface area contributed by atoms with Gasteiger partial charge in [-0.15, -0.1) is 0 Å². The Morgan fingerprint density at radius 2 is 2.12 bits per heavy atom. The quantitative estimate of drug-likeness (QED) is 0.869. The Hall–Kier alpha value is -1.81. The van der Waals surface area contributed by atoms with Crippen LogP contribution in [-0.2, 0) is 6.42 Å². The number of pyridine rings is 1. The van der Waals surface area contributed by atoms with E-state index in [0.29, 0.717) is 6.42 Å². The van der Waals surface area contributed by atoms with Crippen molar-refractivity contribution in [2.45, 2.75) is 26.3 Å². The molecule has 0 fully saturated rings. The van der Waals surface area contributed by atoms with Gasteiger partial charge in [-0.1, -0.05) is 6.07 Å². The van der Waals surface area contributed by atoms with Crippen molar-refractivity contribution in [1.29, 1.82) is 0 Å². The number of hydrogen-bond donors (Lipinski definition) is 1. The molecule has 0 unspecified atom stereocenters. The van der Waals surface area contributed by atoms with E-state index in [1.165, 1.54) is 0 Å². The Labute approximate surface area is 101 Å². The van der Waals surface area contributed by atoms with E-state index < -0.39 is 0 Å². The highest BCUT2D eigenvalue weighted by Gasteiger charge is 2.07. The van der Waals surface area contributed by atoms with Gasteiger partial charge in [0.15, 0.2) is 0 Å². The first-order valence-corrected chi connectivity index (χ1v) is 5.64. The van der Waals surface area contributed by atoms with Crippen LogP contribution in [0.3, 0.4) is 0 Å². The van der Waals surface area contributed by atoms with Crippen molar-refractivity contribution >= 4 is 0 Å². The largest absolute Gasteiger partial charge is 0.324 e. The number of aromatic nitrogens is 3. The lowest BCUT2D eigenvalue weighted by Gasteiger charge is -2.09. The molecule has 0 amide bonds. The maximum Gasteiger partial charge on any atom is 0.134 e. The highest BCUT2D eigenvalue weighted by Crippen LogP contribution is 2.12. The predicted molar refractivity (Wildman–Crippen MR) is 66.4 cm³/mol. The van der Waals surface area contributed by atoms with Crippen LogP contribution in [0.2, 0.25) is 0 Å². The van der Waals surface area contributed by atoms with E-state index in [0.717, 1.165) is 22.8 Å². The zero-order valence-electron chi connectivity index (χ0n) is 10.1. The molecule has 0 aliphatic heterocycles. The topological polar surface area (TPSA) is 64.7 Å². The van der Waals surface area contributed by atoms with Gasteiger partial charge in [0.2, 0.25) is 0 Å². The van der Waals surface area contributed by atoms with Gasteiger partial charge in [0.05, 0.1) is 6.42 Å². The summed E-state index contributed by atoms with van der Waals surface area (Å²) >= 11 is 0. The molecular formula is C13H16N4. The number of aryl methyl sites for hydroxylation is 1. The SMILES string of the molecule is Cc1nc(Cc2ccccn2)ncc1[C@H](C)N. The van der Waals surface area contributed by atoms with Crippen LogP contribution in [0.15, 0.2) is 30.6 Å². The highest BCUT2D eigenvalue weighted by atomic mass is 14.9. The molecule has 0 aromatic carbocycles. The molecule has 0 bridgehead atoms. The van der Waals surface area contributed by atoms with Crippen LogP contribution in [0.1, 0.15) is 35.7 Å². The maximum absolute atomic E-state index is 5.82. The summed E-state index contributed by atoms with van der Waals surface area (Å²) in [5.41, 5.74) is 8.74. The van der Waals surface area contributed by atoms with Crippen LogP contribution in [0.4, 0.5) is 0 Å². The van der Waals surface area contributed by atoms with E-state index in [9.17, 15) is 0 Å². The van der Waals surface area contributed by atoms with Gasteiger partial charge in [-0.2, -0.15) is 0 Å². The standard InChI is InChI=1S/C13H16N4/c1-9(14)12-8-16-13(17-10(12)2)7-11-5-3-4-6-15-11/h3-6,8-9H,7,14H2,1-2H3/t9-/m0/s1. The minimum atomic E-state index is -0.0288. The van der Waals surface area contributed by atoms with Crippen molar-refractivity contribution in [3.8, 4) is 0 Å². The molecule has 2 N–H and O–H groups in total. The van der Waals surface area contributed by atoms with E-state index in [4.69, 9.17) is 5.73 Å². The third kappa shape index (κ3) is 2.85. The predicted octanol–water partition coefficient (Wildman–Crippen LogP) is 1.79. The zero-order chi connectivity index (χ0) is 12.3. The van der Waals surface area contributed by atoms with Crippen molar-refractivity contribution in [3.63, 3.8) is 0 Å². The van der Waals surface area contributed by atoms with E-state index in [1.807, 2.05) is 38.2 Å². The molecule has 2 rings (SSSR count). The van der Waals surface area contributed by atoms with Crippen molar-refractivity contribution in [1.82, 2.24) is 15.0 Å². The van der Waals surface area contributed by atoms with Crippen molar-refractivity contribution in [3.05, 3.63) is 53.4 Å². The number of nitrogens with zero attached hydrogens (tertiary/aromatic N) is 3. The average molecular weight is 228 g/mol. The molecule has 17 heavy (non-hydrogen) atoms. The van der Waals surface area contributed by atoms with E-state index >= 15 is 0 Å². The molecule has 0 saturated carbocycles. The average Bonchev–Trinajstić information content (AvgIpc) is 2.30. The summed E-state index contributed by atoms with van der Waals surface area (Å²) < 4.78 is 0. The van der Waals surface area contributed by atoms with Crippen LogP contribution >= 0.6 is 0 Å². The van der Waals surface area contributed by atoms with Crippen molar-refractivity contribution in [2.75, 3.05) is 0 Å². The Morgan fingerprint density at radius 1 is 1.29 bits per heavy atom. The normalized spacial score (nSPS) is 12.4. The van der Waals surface area contributed by atoms with Gasteiger partial charge in [0, 0.05) is 35.4 Å². The Kier molecular flexibility index (Phi) is 3.44. The van der Waals surface area contributed by atoms with E-state index in [1.54, 1.807) is 6.20 Å². The van der Waals surface area contributed by atoms with Crippen LogP contribution in [0.25, 0.3) is 0 Å². The smallest absolute Gasteiger partial charge is 0.134 e. The molecule has 0 spiro atoms. The molecule has 1 atom stereocenters. The molecule has 4 heteroatoms. The minimum Gasteiger partial charge on any atom is -0.324 e. The van der Waals surface area contributed by atoms with E-state index in [-0.39, 0.29) is 6.04 Å². The second-order valence-electron chi connectivity index (χ2n) is 4.11. The van der Waals surface area contributed by atoms with Gasteiger partial charge in [0.1, 0.15) is 5.82 Å². The monoisotopic (exact) mass is 228 g/mol. The molecule has 0 saturated heterocycles. The van der Waals surface area contributed by atoms with Gasteiger partial charge in [-0.3, -0.25) is 4.98 Å². The van der Waals surface area contributed by atoms with Crippen LogP contribution in [0, 0.1) is 6.92 Å². The first-order valence-electron chi connectivity index (χ1n) is 5.64. The fraction of sp³-hybridized carbons (Fsp3) is 0.308. The van der Waals surface area contributed by atoms with Crippen molar-refractivity contribution < 1.29 is 0 Å². The zero-order valence-corrected chi connectivity index (χ0v) is 10.1. The Bertz CT molecular complexity index is 494. The molecule has 2 heterocycles. The van der Waals surface area contributed by atoms with Crippen LogP contribution in [-0.4, -0.2) is 15.0 Å². The molecule has 2 aromatic heterocycles. The maximum atomic E-state index is 5.82.